The van der Waals surface area contributed by atoms with Crippen LogP contribution in [0.25, 0.3) is 10.8 Å². The lowest BCUT2D eigenvalue weighted by molar-refractivity contribution is 0.102. The highest BCUT2D eigenvalue weighted by Gasteiger charge is 2.17. The van der Waals surface area contributed by atoms with Crippen LogP contribution in [0.2, 0.25) is 0 Å². The van der Waals surface area contributed by atoms with E-state index in [1.54, 1.807) is 6.20 Å². The lowest BCUT2D eigenvalue weighted by atomic mass is 10.0. The van der Waals surface area contributed by atoms with Crippen LogP contribution >= 0.6 is 0 Å². The van der Waals surface area contributed by atoms with Gasteiger partial charge in [0.1, 0.15) is 5.75 Å². The Kier molecular flexibility index (Phi) is 6.17. The van der Waals surface area contributed by atoms with Crippen LogP contribution in [0.1, 0.15) is 17.3 Å². The number of rotatable bonds is 7. The molecule has 3 aromatic carbocycles. The molecule has 0 aliphatic carbocycles. The van der Waals surface area contributed by atoms with Gasteiger partial charge in [0, 0.05) is 31.5 Å². The van der Waals surface area contributed by atoms with E-state index in [-0.39, 0.29) is 5.91 Å². The third-order valence-electron chi connectivity index (χ3n) is 4.99. The van der Waals surface area contributed by atoms with Gasteiger partial charge < -0.3 is 20.3 Å². The zero-order valence-corrected chi connectivity index (χ0v) is 18.3. The van der Waals surface area contributed by atoms with Gasteiger partial charge in [-0.3, -0.25) is 4.79 Å². The van der Waals surface area contributed by atoms with Crippen molar-refractivity contribution in [2.45, 2.75) is 6.92 Å². The first kappa shape index (κ1) is 21.1. The smallest absolute Gasteiger partial charge is 0.260 e. The van der Waals surface area contributed by atoms with Gasteiger partial charge >= 0.3 is 0 Å². The van der Waals surface area contributed by atoms with E-state index >= 15 is 0 Å². The molecule has 7 nitrogen and oxygen atoms in total. The Hall–Kier alpha value is -4.13. The molecule has 32 heavy (non-hydrogen) atoms. The van der Waals surface area contributed by atoms with Crippen molar-refractivity contribution < 1.29 is 9.53 Å². The lowest BCUT2D eigenvalue weighted by Gasteiger charge is -2.14. The van der Waals surface area contributed by atoms with E-state index in [0.29, 0.717) is 29.4 Å². The molecular weight excluding hydrogens is 402 g/mol. The summed E-state index contributed by atoms with van der Waals surface area (Å²) in [5.41, 5.74) is 3.01. The van der Waals surface area contributed by atoms with E-state index in [4.69, 9.17) is 4.74 Å². The highest BCUT2D eigenvalue weighted by atomic mass is 16.5. The van der Waals surface area contributed by atoms with Crippen molar-refractivity contribution >= 4 is 39.6 Å². The predicted molar refractivity (Wildman–Crippen MR) is 129 cm³/mol. The van der Waals surface area contributed by atoms with Gasteiger partial charge in [0.15, 0.2) is 5.82 Å². The van der Waals surface area contributed by atoms with Crippen molar-refractivity contribution in [3.05, 3.63) is 78.5 Å². The van der Waals surface area contributed by atoms with E-state index in [9.17, 15) is 4.79 Å². The van der Waals surface area contributed by atoms with Crippen LogP contribution < -0.4 is 20.3 Å². The molecular formula is C25H25N5O2. The number of ether oxygens (including phenoxy) is 1. The van der Waals surface area contributed by atoms with Crippen LogP contribution in [0.3, 0.4) is 0 Å². The maximum Gasteiger partial charge on any atom is 0.260 e. The Labute approximate surface area is 187 Å². The summed E-state index contributed by atoms with van der Waals surface area (Å²) in [6.45, 7) is 2.39. The van der Waals surface area contributed by atoms with Crippen LogP contribution in [-0.4, -0.2) is 36.8 Å². The minimum absolute atomic E-state index is 0.212. The molecule has 4 rings (SSSR count). The normalized spacial score (nSPS) is 10.6. The molecule has 0 fully saturated rings. The fourth-order valence-corrected chi connectivity index (χ4v) is 3.40. The van der Waals surface area contributed by atoms with Crippen molar-refractivity contribution in [3.8, 4) is 5.75 Å². The molecule has 0 unspecified atom stereocenters. The Balaban J connectivity index is 1.53. The average molecular weight is 428 g/mol. The second kappa shape index (κ2) is 9.34. The minimum atomic E-state index is -0.212. The summed E-state index contributed by atoms with van der Waals surface area (Å²) < 4.78 is 5.73. The highest BCUT2D eigenvalue weighted by molar-refractivity contribution is 6.15. The van der Waals surface area contributed by atoms with Gasteiger partial charge in [-0.05, 0) is 48.0 Å². The molecule has 0 bridgehead atoms. The fraction of sp³-hybridized carbons (Fsp3) is 0.160. The van der Waals surface area contributed by atoms with Crippen molar-refractivity contribution in [1.29, 1.82) is 0 Å². The number of fused-ring (bicyclic) bond motifs is 1. The molecule has 0 radical (unpaired) electrons. The number of nitrogens with zero attached hydrogens (tertiary/aromatic N) is 3. The van der Waals surface area contributed by atoms with E-state index in [1.165, 1.54) is 0 Å². The molecule has 0 atom stereocenters. The Morgan fingerprint density at radius 2 is 1.75 bits per heavy atom. The number of anilines is 4. The number of aromatic nitrogens is 2. The first-order valence-corrected chi connectivity index (χ1v) is 10.4. The predicted octanol–water partition coefficient (Wildman–Crippen LogP) is 5.09. The second-order valence-electron chi connectivity index (χ2n) is 7.44. The molecule has 0 saturated carbocycles. The SMILES string of the molecule is CCOc1ccc2ccccc2c1C(=O)Nc1ccc(Nc2cc(N(C)C)cnn2)cc1. The molecule has 7 heteroatoms. The van der Waals surface area contributed by atoms with Crippen molar-refractivity contribution in [1.82, 2.24) is 10.2 Å². The lowest BCUT2D eigenvalue weighted by Crippen LogP contribution is -2.14. The molecule has 0 spiro atoms. The minimum Gasteiger partial charge on any atom is -0.493 e. The van der Waals surface area contributed by atoms with Gasteiger partial charge in [-0.15, -0.1) is 5.10 Å². The van der Waals surface area contributed by atoms with Gasteiger partial charge in [-0.25, -0.2) is 0 Å². The summed E-state index contributed by atoms with van der Waals surface area (Å²) in [6.07, 6.45) is 1.70. The molecule has 1 aromatic heterocycles. The quantitative estimate of drug-likeness (QED) is 0.428. The summed E-state index contributed by atoms with van der Waals surface area (Å²) >= 11 is 0. The van der Waals surface area contributed by atoms with Crippen molar-refractivity contribution in [3.63, 3.8) is 0 Å². The third-order valence-corrected chi connectivity index (χ3v) is 4.99. The Morgan fingerprint density at radius 3 is 2.50 bits per heavy atom. The van der Waals surface area contributed by atoms with Crippen molar-refractivity contribution in [2.75, 3.05) is 36.2 Å². The first-order valence-electron chi connectivity index (χ1n) is 10.4. The Morgan fingerprint density at radius 1 is 1.00 bits per heavy atom. The average Bonchev–Trinajstić information content (AvgIpc) is 2.80. The van der Waals surface area contributed by atoms with E-state index < -0.39 is 0 Å². The number of hydrogen-bond acceptors (Lipinski definition) is 6. The summed E-state index contributed by atoms with van der Waals surface area (Å²) in [7, 11) is 3.90. The molecule has 2 N–H and O–H groups in total. The van der Waals surface area contributed by atoms with E-state index in [0.717, 1.165) is 22.1 Å². The molecule has 4 aromatic rings. The maximum absolute atomic E-state index is 13.2. The molecule has 0 aliphatic heterocycles. The number of carbonyl (C=O) groups excluding carboxylic acids is 1. The molecule has 1 heterocycles. The fourth-order valence-electron chi connectivity index (χ4n) is 3.40. The zero-order valence-electron chi connectivity index (χ0n) is 18.3. The number of benzene rings is 3. The standard InChI is InChI=1S/C25H25N5O2/c1-4-32-22-14-9-17-7-5-6-8-21(17)24(22)25(31)28-19-12-10-18(11-13-19)27-23-15-20(30(2)3)16-26-29-23/h5-16H,4H2,1-3H3,(H,27,29)(H,28,31). The number of nitrogens with one attached hydrogen (secondary N) is 2. The molecule has 1 amide bonds. The van der Waals surface area contributed by atoms with Gasteiger partial charge in [0.2, 0.25) is 0 Å². The van der Waals surface area contributed by atoms with Gasteiger partial charge in [0.05, 0.1) is 24.1 Å². The van der Waals surface area contributed by atoms with Crippen LogP contribution in [0, 0.1) is 0 Å². The van der Waals surface area contributed by atoms with E-state index in [1.807, 2.05) is 92.6 Å². The number of amides is 1. The van der Waals surface area contributed by atoms with Gasteiger partial charge in [-0.1, -0.05) is 30.3 Å². The first-order chi connectivity index (χ1) is 15.5. The van der Waals surface area contributed by atoms with E-state index in [2.05, 4.69) is 20.8 Å². The highest BCUT2D eigenvalue weighted by Crippen LogP contribution is 2.29. The summed E-state index contributed by atoms with van der Waals surface area (Å²) in [6, 6.07) is 21.0. The summed E-state index contributed by atoms with van der Waals surface area (Å²) in [5, 5.41) is 16.2. The monoisotopic (exact) mass is 427 g/mol. The maximum atomic E-state index is 13.2. The van der Waals surface area contributed by atoms with Crippen LogP contribution in [0.15, 0.2) is 72.9 Å². The summed E-state index contributed by atoms with van der Waals surface area (Å²) in [5.74, 6) is 1.00. The van der Waals surface area contributed by atoms with Gasteiger partial charge in [-0.2, -0.15) is 5.10 Å². The number of carbonyl (C=O) groups is 1. The Bertz CT molecular complexity index is 1240. The van der Waals surface area contributed by atoms with Crippen LogP contribution in [-0.2, 0) is 0 Å². The molecule has 162 valence electrons. The largest absolute Gasteiger partial charge is 0.493 e. The van der Waals surface area contributed by atoms with Crippen LogP contribution in [0.5, 0.6) is 5.75 Å². The topological polar surface area (TPSA) is 79.4 Å². The van der Waals surface area contributed by atoms with Crippen molar-refractivity contribution in [2.24, 2.45) is 0 Å². The number of hydrogen-bond donors (Lipinski definition) is 2. The zero-order chi connectivity index (χ0) is 22.5. The third kappa shape index (κ3) is 4.62. The van der Waals surface area contributed by atoms with Gasteiger partial charge in [0.25, 0.3) is 5.91 Å². The van der Waals surface area contributed by atoms with Crippen LogP contribution in [0.4, 0.5) is 22.9 Å². The summed E-state index contributed by atoms with van der Waals surface area (Å²) in [4.78, 5) is 15.1. The second-order valence-corrected chi connectivity index (χ2v) is 7.44. The molecule has 0 aliphatic rings. The molecule has 0 saturated heterocycles.